The normalized spacial score (nSPS) is 10.4. The predicted octanol–water partition coefficient (Wildman–Crippen LogP) is 1.64. The lowest BCUT2D eigenvalue weighted by molar-refractivity contribution is 0.145. The van der Waals surface area contributed by atoms with E-state index in [0.29, 0.717) is 13.2 Å². The van der Waals surface area contributed by atoms with Gasteiger partial charge in [0.05, 0.1) is 0 Å². The lowest BCUT2D eigenvalue weighted by Crippen LogP contribution is -2.33. The molecule has 2 amide bonds. The number of rotatable bonds is 7. The standard InChI is InChI=1S/C10H20N2O2/c1-3-5-7-11-10(13)12-8-6-9-14-4-2/h5,7H,3-4,6,8-9H2,1-2H3,(H2,11,12,13)/b7-5+. The molecule has 0 radical (unpaired) electrons. The van der Waals surface area contributed by atoms with E-state index in [1.165, 1.54) is 0 Å². The predicted molar refractivity (Wildman–Crippen MR) is 57.1 cm³/mol. The number of hydrogen-bond acceptors (Lipinski definition) is 2. The van der Waals surface area contributed by atoms with Crippen molar-refractivity contribution >= 4 is 6.03 Å². The molecule has 0 aromatic heterocycles. The molecular weight excluding hydrogens is 180 g/mol. The molecule has 14 heavy (non-hydrogen) atoms. The molecule has 82 valence electrons. The Kier molecular flexibility index (Phi) is 9.31. The number of ether oxygens (including phenoxy) is 1. The SMILES string of the molecule is CC/C=C/NC(=O)NCCCOCC. The first kappa shape index (κ1) is 13.0. The summed E-state index contributed by atoms with van der Waals surface area (Å²) in [5.41, 5.74) is 0. The molecule has 0 unspecified atom stereocenters. The van der Waals surface area contributed by atoms with Gasteiger partial charge in [-0.2, -0.15) is 0 Å². The number of carbonyl (C=O) groups is 1. The van der Waals surface area contributed by atoms with Gasteiger partial charge in [-0.1, -0.05) is 13.0 Å². The van der Waals surface area contributed by atoms with E-state index >= 15 is 0 Å². The zero-order valence-electron chi connectivity index (χ0n) is 9.01. The monoisotopic (exact) mass is 200 g/mol. The Morgan fingerprint density at radius 1 is 1.43 bits per heavy atom. The quantitative estimate of drug-likeness (QED) is 0.614. The van der Waals surface area contributed by atoms with Crippen molar-refractivity contribution in [3.8, 4) is 0 Å². The van der Waals surface area contributed by atoms with Gasteiger partial charge < -0.3 is 15.4 Å². The average molecular weight is 200 g/mol. The van der Waals surface area contributed by atoms with E-state index in [1.54, 1.807) is 6.20 Å². The van der Waals surface area contributed by atoms with Gasteiger partial charge in [-0.05, 0) is 19.8 Å². The summed E-state index contributed by atoms with van der Waals surface area (Å²) >= 11 is 0. The van der Waals surface area contributed by atoms with Crippen molar-refractivity contribution in [2.24, 2.45) is 0 Å². The first-order chi connectivity index (χ1) is 6.81. The molecule has 0 fully saturated rings. The maximum Gasteiger partial charge on any atom is 0.318 e. The van der Waals surface area contributed by atoms with Crippen LogP contribution in [0.5, 0.6) is 0 Å². The Morgan fingerprint density at radius 2 is 2.21 bits per heavy atom. The van der Waals surface area contributed by atoms with Crippen molar-refractivity contribution in [2.45, 2.75) is 26.7 Å². The van der Waals surface area contributed by atoms with Crippen LogP contribution in [0, 0.1) is 0 Å². The lowest BCUT2D eigenvalue weighted by atomic mass is 10.4. The van der Waals surface area contributed by atoms with Crippen LogP contribution in [0.25, 0.3) is 0 Å². The van der Waals surface area contributed by atoms with E-state index in [1.807, 2.05) is 19.9 Å². The summed E-state index contributed by atoms with van der Waals surface area (Å²) in [4.78, 5) is 11.0. The largest absolute Gasteiger partial charge is 0.382 e. The summed E-state index contributed by atoms with van der Waals surface area (Å²) in [6, 6.07) is -0.161. The highest BCUT2D eigenvalue weighted by Gasteiger charge is 1.94. The summed E-state index contributed by atoms with van der Waals surface area (Å²) < 4.78 is 5.13. The molecule has 0 rings (SSSR count). The maximum atomic E-state index is 11.0. The first-order valence-corrected chi connectivity index (χ1v) is 5.08. The van der Waals surface area contributed by atoms with E-state index in [2.05, 4.69) is 10.6 Å². The molecule has 0 aliphatic carbocycles. The minimum absolute atomic E-state index is 0.161. The van der Waals surface area contributed by atoms with Crippen LogP contribution in [-0.4, -0.2) is 25.8 Å². The second kappa shape index (κ2) is 10.1. The fourth-order valence-electron chi connectivity index (χ4n) is 0.824. The van der Waals surface area contributed by atoms with Crippen molar-refractivity contribution in [2.75, 3.05) is 19.8 Å². The van der Waals surface area contributed by atoms with Gasteiger partial charge in [-0.3, -0.25) is 0 Å². The number of allylic oxidation sites excluding steroid dienone is 1. The third-order valence-electron chi connectivity index (χ3n) is 1.52. The number of carbonyl (C=O) groups excluding carboxylic acids is 1. The van der Waals surface area contributed by atoms with Crippen molar-refractivity contribution in [1.29, 1.82) is 0 Å². The van der Waals surface area contributed by atoms with Gasteiger partial charge in [0.15, 0.2) is 0 Å². The van der Waals surface area contributed by atoms with Gasteiger partial charge in [-0.15, -0.1) is 0 Å². The summed E-state index contributed by atoms with van der Waals surface area (Å²) in [5, 5.41) is 5.32. The molecule has 4 nitrogen and oxygen atoms in total. The molecule has 0 atom stereocenters. The van der Waals surface area contributed by atoms with Crippen LogP contribution in [0.2, 0.25) is 0 Å². The Bertz CT molecular complexity index is 170. The molecule has 0 heterocycles. The highest BCUT2D eigenvalue weighted by Crippen LogP contribution is 1.80. The zero-order chi connectivity index (χ0) is 10.6. The fourth-order valence-corrected chi connectivity index (χ4v) is 0.824. The molecule has 0 bridgehead atoms. The number of nitrogens with one attached hydrogen (secondary N) is 2. The average Bonchev–Trinajstić information content (AvgIpc) is 2.18. The fraction of sp³-hybridized carbons (Fsp3) is 0.700. The highest BCUT2D eigenvalue weighted by molar-refractivity contribution is 5.74. The summed E-state index contributed by atoms with van der Waals surface area (Å²) in [6.07, 6.45) is 5.31. The first-order valence-electron chi connectivity index (χ1n) is 5.08. The lowest BCUT2D eigenvalue weighted by Gasteiger charge is -2.04. The maximum absolute atomic E-state index is 11.0. The van der Waals surface area contributed by atoms with E-state index in [4.69, 9.17) is 4.74 Å². The van der Waals surface area contributed by atoms with Crippen LogP contribution in [0.15, 0.2) is 12.3 Å². The van der Waals surface area contributed by atoms with Gasteiger partial charge >= 0.3 is 6.03 Å². The third kappa shape index (κ3) is 9.06. The van der Waals surface area contributed by atoms with Gasteiger partial charge in [0.25, 0.3) is 0 Å². The van der Waals surface area contributed by atoms with Crippen LogP contribution in [-0.2, 0) is 4.74 Å². The van der Waals surface area contributed by atoms with E-state index in [-0.39, 0.29) is 6.03 Å². The molecule has 0 aliphatic rings. The molecule has 4 heteroatoms. The topological polar surface area (TPSA) is 50.4 Å². The molecule has 0 aromatic carbocycles. The zero-order valence-corrected chi connectivity index (χ0v) is 9.01. The third-order valence-corrected chi connectivity index (χ3v) is 1.52. The van der Waals surface area contributed by atoms with E-state index < -0.39 is 0 Å². The number of hydrogen-bond donors (Lipinski definition) is 2. The van der Waals surface area contributed by atoms with E-state index in [0.717, 1.165) is 19.4 Å². The van der Waals surface area contributed by atoms with Crippen molar-refractivity contribution in [3.05, 3.63) is 12.3 Å². The van der Waals surface area contributed by atoms with Gasteiger partial charge in [0.2, 0.25) is 0 Å². The minimum atomic E-state index is -0.161. The van der Waals surface area contributed by atoms with Crippen LogP contribution in [0.4, 0.5) is 4.79 Å². The Labute approximate surface area is 85.7 Å². The van der Waals surface area contributed by atoms with Crippen LogP contribution in [0.1, 0.15) is 26.7 Å². The number of urea groups is 1. The van der Waals surface area contributed by atoms with Gasteiger partial charge in [0.1, 0.15) is 0 Å². The molecule has 0 saturated heterocycles. The van der Waals surface area contributed by atoms with Gasteiger partial charge in [0, 0.05) is 26.0 Å². The Balaban J connectivity index is 3.22. The van der Waals surface area contributed by atoms with E-state index in [9.17, 15) is 4.79 Å². The summed E-state index contributed by atoms with van der Waals surface area (Å²) in [6.45, 7) is 6.03. The van der Waals surface area contributed by atoms with Crippen molar-refractivity contribution in [1.82, 2.24) is 10.6 Å². The van der Waals surface area contributed by atoms with Crippen LogP contribution < -0.4 is 10.6 Å². The Hall–Kier alpha value is -1.03. The molecular formula is C10H20N2O2. The van der Waals surface area contributed by atoms with Crippen LogP contribution in [0.3, 0.4) is 0 Å². The van der Waals surface area contributed by atoms with Crippen molar-refractivity contribution < 1.29 is 9.53 Å². The summed E-state index contributed by atoms with van der Waals surface area (Å²) in [5.74, 6) is 0. The summed E-state index contributed by atoms with van der Waals surface area (Å²) in [7, 11) is 0. The molecule has 0 spiro atoms. The Morgan fingerprint density at radius 3 is 2.86 bits per heavy atom. The van der Waals surface area contributed by atoms with Crippen LogP contribution >= 0.6 is 0 Å². The second-order valence-electron chi connectivity index (χ2n) is 2.76. The minimum Gasteiger partial charge on any atom is -0.382 e. The molecule has 2 N–H and O–H groups in total. The molecule has 0 saturated carbocycles. The van der Waals surface area contributed by atoms with Gasteiger partial charge in [-0.25, -0.2) is 4.79 Å². The number of amides is 2. The molecule has 0 aliphatic heterocycles. The molecule has 0 aromatic rings. The second-order valence-corrected chi connectivity index (χ2v) is 2.76. The smallest absolute Gasteiger partial charge is 0.318 e. The highest BCUT2D eigenvalue weighted by atomic mass is 16.5. The van der Waals surface area contributed by atoms with Crippen molar-refractivity contribution in [3.63, 3.8) is 0 Å².